The van der Waals surface area contributed by atoms with E-state index in [0.717, 1.165) is 9.37 Å². The quantitative estimate of drug-likeness (QED) is 0.452. The van der Waals surface area contributed by atoms with Crippen molar-refractivity contribution in [2.45, 2.75) is 31.3 Å². The van der Waals surface area contributed by atoms with E-state index in [4.69, 9.17) is 4.74 Å². The molecule has 150 valence electrons. The maximum atomic E-state index is 12.6. The van der Waals surface area contributed by atoms with Gasteiger partial charge < -0.3 is 15.2 Å². The molecule has 0 saturated carbocycles. The number of carbonyl (C=O) groups excluding carboxylic acids is 3. The summed E-state index contributed by atoms with van der Waals surface area (Å²) in [5.41, 5.74) is 0.154. The van der Waals surface area contributed by atoms with Crippen LogP contribution >= 0.6 is 27.7 Å². The highest BCUT2D eigenvalue weighted by molar-refractivity contribution is 9.10. The summed E-state index contributed by atoms with van der Waals surface area (Å²) in [6.07, 6.45) is 3.19. The number of aromatic nitrogens is 2. The van der Waals surface area contributed by atoms with Gasteiger partial charge in [0.2, 0.25) is 5.91 Å². The summed E-state index contributed by atoms with van der Waals surface area (Å²) in [4.78, 5) is 48.8. The molecule has 1 aromatic heterocycles. The van der Waals surface area contributed by atoms with Gasteiger partial charge in [-0.15, -0.1) is 11.8 Å². The van der Waals surface area contributed by atoms with Crippen LogP contribution in [-0.4, -0.2) is 67.3 Å². The number of carbonyl (C=O) groups is 4. The molecule has 0 aromatic carbocycles. The van der Waals surface area contributed by atoms with Gasteiger partial charge in [0.15, 0.2) is 0 Å². The minimum atomic E-state index is -1.28. The molecule has 2 aliphatic rings. The molecule has 2 aliphatic heterocycles. The van der Waals surface area contributed by atoms with Gasteiger partial charge in [-0.25, -0.2) is 4.79 Å². The molecule has 0 radical (unpaired) electrons. The standard InChI is InChI=1S/C16H17BrN4O6S/c1-7(20-4-10(17)3-18-20)13(23)19-11-14(24)21-12(16(25)26)9(5-27-8(2)22)6-28-15(11)21/h3-4,7,11,15H,5-6H2,1-2H3,(H,19,23)(H,25,26)/t7-,11-,15+/m0/s1. The van der Waals surface area contributed by atoms with Crippen LogP contribution in [0.4, 0.5) is 0 Å². The lowest BCUT2D eigenvalue weighted by molar-refractivity contribution is -0.151. The van der Waals surface area contributed by atoms with E-state index >= 15 is 0 Å². The number of nitrogens with zero attached hydrogens (tertiary/aromatic N) is 3. The summed E-state index contributed by atoms with van der Waals surface area (Å²) < 4.78 is 7.06. The van der Waals surface area contributed by atoms with E-state index in [1.807, 2.05) is 0 Å². The van der Waals surface area contributed by atoms with Crippen LogP contribution in [0.3, 0.4) is 0 Å². The number of carboxylic acids is 1. The van der Waals surface area contributed by atoms with Crippen LogP contribution in [0.5, 0.6) is 0 Å². The second kappa shape index (κ2) is 7.95. The Hall–Kier alpha value is -2.34. The molecular weight excluding hydrogens is 456 g/mol. The summed E-state index contributed by atoms with van der Waals surface area (Å²) in [7, 11) is 0. The molecule has 3 atom stereocenters. The number of hydrogen-bond acceptors (Lipinski definition) is 7. The van der Waals surface area contributed by atoms with Gasteiger partial charge in [0.25, 0.3) is 5.91 Å². The zero-order valence-electron chi connectivity index (χ0n) is 14.9. The number of halogens is 1. The Bertz CT molecular complexity index is 884. The summed E-state index contributed by atoms with van der Waals surface area (Å²) >= 11 is 4.56. The predicted octanol–water partition coefficient (Wildman–Crippen LogP) is 0.508. The number of ether oxygens (including phenoxy) is 1. The number of aliphatic carboxylic acids is 1. The molecule has 0 bridgehead atoms. The van der Waals surface area contributed by atoms with Gasteiger partial charge in [-0.2, -0.15) is 5.10 Å². The Morgan fingerprint density at radius 1 is 1.50 bits per heavy atom. The van der Waals surface area contributed by atoms with Gasteiger partial charge in [0.1, 0.15) is 29.8 Å². The van der Waals surface area contributed by atoms with Gasteiger partial charge in [-0.05, 0) is 22.9 Å². The lowest BCUT2D eigenvalue weighted by atomic mass is 10.0. The Labute approximate surface area is 172 Å². The third kappa shape index (κ3) is 3.78. The molecule has 1 saturated heterocycles. The number of β-lactam (4-membered cyclic amide) rings is 1. The fraction of sp³-hybridized carbons (Fsp3) is 0.438. The first kappa shape index (κ1) is 20.4. The third-order valence-electron chi connectivity index (χ3n) is 4.34. The van der Waals surface area contributed by atoms with Gasteiger partial charge in [-0.3, -0.25) is 24.0 Å². The van der Waals surface area contributed by atoms with E-state index in [1.165, 1.54) is 23.4 Å². The second-order valence-corrected chi connectivity index (χ2v) is 8.27. The number of hydrogen-bond donors (Lipinski definition) is 2. The number of esters is 1. The molecular formula is C16H17BrN4O6S. The molecule has 28 heavy (non-hydrogen) atoms. The fourth-order valence-electron chi connectivity index (χ4n) is 2.90. The SMILES string of the molecule is CC(=O)OCC1=C(C(=O)O)N2C(=O)[C@H](NC(=O)[C@H](C)n3cc(Br)cn3)[C@H]2SC1. The number of carboxylic acid groups (broad SMARTS) is 1. The lowest BCUT2D eigenvalue weighted by Crippen LogP contribution is -2.71. The van der Waals surface area contributed by atoms with Crippen molar-refractivity contribution in [3.8, 4) is 0 Å². The third-order valence-corrected chi connectivity index (χ3v) is 6.09. The molecule has 2 N–H and O–H groups in total. The van der Waals surface area contributed by atoms with Crippen LogP contribution in [0.25, 0.3) is 0 Å². The van der Waals surface area contributed by atoms with Crippen LogP contribution in [0.1, 0.15) is 19.9 Å². The maximum absolute atomic E-state index is 12.6. The van der Waals surface area contributed by atoms with E-state index < -0.39 is 41.2 Å². The van der Waals surface area contributed by atoms with Gasteiger partial charge >= 0.3 is 11.9 Å². The van der Waals surface area contributed by atoms with Crippen LogP contribution in [0.15, 0.2) is 28.1 Å². The average Bonchev–Trinajstić information content (AvgIpc) is 3.08. The highest BCUT2D eigenvalue weighted by Gasteiger charge is 2.54. The topological polar surface area (TPSA) is 131 Å². The monoisotopic (exact) mass is 472 g/mol. The van der Waals surface area contributed by atoms with Crippen LogP contribution in [0, 0.1) is 0 Å². The van der Waals surface area contributed by atoms with Gasteiger partial charge in [0, 0.05) is 24.4 Å². The zero-order chi connectivity index (χ0) is 20.6. The highest BCUT2D eigenvalue weighted by atomic mass is 79.9. The molecule has 2 amide bonds. The number of amides is 2. The zero-order valence-corrected chi connectivity index (χ0v) is 17.3. The molecule has 0 unspecified atom stereocenters. The van der Waals surface area contributed by atoms with E-state index in [-0.39, 0.29) is 18.1 Å². The van der Waals surface area contributed by atoms with Gasteiger partial charge in [-0.1, -0.05) is 0 Å². The number of rotatable bonds is 6. The van der Waals surface area contributed by atoms with Crippen LogP contribution < -0.4 is 5.32 Å². The molecule has 3 heterocycles. The molecule has 3 rings (SSSR count). The Balaban J connectivity index is 1.72. The number of fused-ring (bicyclic) bond motifs is 1. The first-order valence-corrected chi connectivity index (χ1v) is 10.1. The highest BCUT2D eigenvalue weighted by Crippen LogP contribution is 2.40. The Kier molecular flexibility index (Phi) is 5.79. The summed E-state index contributed by atoms with van der Waals surface area (Å²) in [5.74, 6) is -2.46. The molecule has 10 nitrogen and oxygen atoms in total. The van der Waals surface area contributed by atoms with Crippen molar-refractivity contribution >= 4 is 51.4 Å². The van der Waals surface area contributed by atoms with Crippen LogP contribution in [-0.2, 0) is 23.9 Å². The van der Waals surface area contributed by atoms with Crippen molar-refractivity contribution < 1.29 is 29.0 Å². The Morgan fingerprint density at radius 2 is 2.21 bits per heavy atom. The van der Waals surface area contributed by atoms with Crippen molar-refractivity contribution in [1.82, 2.24) is 20.0 Å². The first-order valence-electron chi connectivity index (χ1n) is 8.24. The predicted molar refractivity (Wildman–Crippen MR) is 101 cm³/mol. The smallest absolute Gasteiger partial charge is 0.352 e. The molecule has 1 fully saturated rings. The maximum Gasteiger partial charge on any atom is 0.352 e. The van der Waals surface area contributed by atoms with E-state index in [0.29, 0.717) is 5.57 Å². The number of nitrogens with one attached hydrogen (secondary N) is 1. The largest absolute Gasteiger partial charge is 0.477 e. The average molecular weight is 473 g/mol. The minimum absolute atomic E-state index is 0.190. The number of thioether (sulfide) groups is 1. The van der Waals surface area contributed by atoms with Crippen molar-refractivity contribution in [2.75, 3.05) is 12.4 Å². The Morgan fingerprint density at radius 3 is 2.79 bits per heavy atom. The van der Waals surface area contributed by atoms with Crippen LogP contribution in [0.2, 0.25) is 0 Å². The molecule has 1 aromatic rings. The molecule has 12 heteroatoms. The fourth-order valence-corrected chi connectivity index (χ4v) is 4.53. The molecule has 0 spiro atoms. The summed E-state index contributed by atoms with van der Waals surface area (Å²) in [6, 6.07) is -1.47. The van der Waals surface area contributed by atoms with Crippen molar-refractivity contribution in [2.24, 2.45) is 0 Å². The van der Waals surface area contributed by atoms with Crippen molar-refractivity contribution in [3.05, 3.63) is 28.1 Å². The van der Waals surface area contributed by atoms with E-state index in [1.54, 1.807) is 19.3 Å². The molecule has 0 aliphatic carbocycles. The first-order chi connectivity index (χ1) is 13.2. The normalized spacial score (nSPS) is 22.2. The second-order valence-electron chi connectivity index (χ2n) is 6.25. The summed E-state index contributed by atoms with van der Waals surface area (Å²) in [6.45, 7) is 2.67. The van der Waals surface area contributed by atoms with E-state index in [9.17, 15) is 24.3 Å². The van der Waals surface area contributed by atoms with Gasteiger partial charge in [0.05, 0.1) is 10.7 Å². The van der Waals surface area contributed by atoms with Crippen molar-refractivity contribution in [1.29, 1.82) is 0 Å². The van der Waals surface area contributed by atoms with Crippen molar-refractivity contribution in [3.63, 3.8) is 0 Å². The minimum Gasteiger partial charge on any atom is -0.477 e. The van der Waals surface area contributed by atoms with E-state index in [2.05, 4.69) is 26.3 Å². The summed E-state index contributed by atoms with van der Waals surface area (Å²) in [5, 5.41) is 15.7. The lowest BCUT2D eigenvalue weighted by Gasteiger charge is -2.49.